The number of hydrogen-bond donors (Lipinski definition) is 2. The number of rotatable bonds is 7. The van der Waals surface area contributed by atoms with Gasteiger partial charge in [0.1, 0.15) is 0 Å². The molecule has 0 aromatic heterocycles. The van der Waals surface area contributed by atoms with Gasteiger partial charge in [-0.25, -0.2) is 13.1 Å². The first-order valence-corrected chi connectivity index (χ1v) is 8.36. The zero-order valence-corrected chi connectivity index (χ0v) is 12.2. The predicted molar refractivity (Wildman–Crippen MR) is 72.8 cm³/mol. The van der Waals surface area contributed by atoms with E-state index < -0.39 is 10.0 Å². The van der Waals surface area contributed by atoms with Crippen molar-refractivity contribution in [3.05, 3.63) is 0 Å². The monoisotopic (exact) mass is 278 g/mol. The van der Waals surface area contributed by atoms with Gasteiger partial charge in [0.05, 0.1) is 11.9 Å². The van der Waals surface area contributed by atoms with Crippen molar-refractivity contribution in [2.24, 2.45) is 11.7 Å². The van der Waals surface area contributed by atoms with Crippen LogP contribution in [0, 0.1) is 5.92 Å². The van der Waals surface area contributed by atoms with Gasteiger partial charge in [0.2, 0.25) is 10.0 Å². The van der Waals surface area contributed by atoms with Gasteiger partial charge >= 0.3 is 0 Å². The quantitative estimate of drug-likeness (QED) is 0.723. The summed E-state index contributed by atoms with van der Waals surface area (Å²) >= 11 is 0. The summed E-state index contributed by atoms with van der Waals surface area (Å²) in [6, 6.07) is -0.126. The predicted octanol–water partition coefficient (Wildman–Crippen LogP) is 0.848. The number of methoxy groups -OCH3 is 1. The minimum Gasteiger partial charge on any atom is -0.381 e. The van der Waals surface area contributed by atoms with Crippen LogP contribution in [0.25, 0.3) is 0 Å². The second kappa shape index (κ2) is 7.43. The van der Waals surface area contributed by atoms with Gasteiger partial charge in [-0.05, 0) is 25.7 Å². The average Bonchev–Trinajstić information content (AvgIpc) is 2.36. The number of hydrogen-bond acceptors (Lipinski definition) is 4. The Hall–Kier alpha value is -0.170. The van der Waals surface area contributed by atoms with Crippen LogP contribution in [0.3, 0.4) is 0 Å². The first-order valence-electron chi connectivity index (χ1n) is 6.71. The minimum atomic E-state index is -3.31. The molecule has 0 spiro atoms. The van der Waals surface area contributed by atoms with Crippen LogP contribution >= 0.6 is 0 Å². The van der Waals surface area contributed by atoms with Crippen LogP contribution in [-0.2, 0) is 14.8 Å². The summed E-state index contributed by atoms with van der Waals surface area (Å²) < 4.78 is 31.7. The first-order chi connectivity index (χ1) is 8.48. The summed E-state index contributed by atoms with van der Waals surface area (Å²) in [5, 5.41) is 0. The largest absolute Gasteiger partial charge is 0.381 e. The molecule has 2 unspecified atom stereocenters. The molecule has 0 saturated heterocycles. The number of nitrogens with one attached hydrogen (secondary N) is 1. The standard InChI is InChI=1S/C12H26N2O3S/c1-10(17-2)9-18(15,16)14-12(8-13)11-6-4-3-5-7-11/h10-12,14H,3-9,13H2,1-2H3. The Kier molecular flexibility index (Phi) is 6.55. The van der Waals surface area contributed by atoms with E-state index in [2.05, 4.69) is 4.72 Å². The SMILES string of the molecule is COC(C)CS(=O)(=O)NC(CN)C1CCCCC1. The second-order valence-electron chi connectivity index (χ2n) is 5.19. The molecule has 0 heterocycles. The summed E-state index contributed by atoms with van der Waals surface area (Å²) in [6.07, 6.45) is 5.46. The summed E-state index contributed by atoms with van der Waals surface area (Å²) in [5.41, 5.74) is 5.72. The molecule has 0 aromatic carbocycles. The van der Waals surface area contributed by atoms with Crippen molar-refractivity contribution in [1.82, 2.24) is 4.72 Å². The normalized spacial score (nSPS) is 21.7. The van der Waals surface area contributed by atoms with Gasteiger partial charge in [-0.15, -0.1) is 0 Å². The van der Waals surface area contributed by atoms with Crippen molar-refractivity contribution in [2.75, 3.05) is 19.4 Å². The van der Waals surface area contributed by atoms with E-state index in [9.17, 15) is 8.42 Å². The zero-order valence-electron chi connectivity index (χ0n) is 11.4. The van der Waals surface area contributed by atoms with Crippen molar-refractivity contribution in [3.63, 3.8) is 0 Å². The zero-order chi connectivity index (χ0) is 13.6. The van der Waals surface area contributed by atoms with Crippen LogP contribution in [0.4, 0.5) is 0 Å². The van der Waals surface area contributed by atoms with E-state index in [-0.39, 0.29) is 17.9 Å². The van der Waals surface area contributed by atoms with E-state index in [1.165, 1.54) is 26.4 Å². The molecule has 3 N–H and O–H groups in total. The molecule has 6 heteroatoms. The maximum Gasteiger partial charge on any atom is 0.214 e. The highest BCUT2D eigenvalue weighted by atomic mass is 32.2. The lowest BCUT2D eigenvalue weighted by atomic mass is 9.84. The number of nitrogens with two attached hydrogens (primary N) is 1. The van der Waals surface area contributed by atoms with E-state index in [1.54, 1.807) is 6.92 Å². The minimum absolute atomic E-state index is 0.00722. The third kappa shape index (κ3) is 5.22. The van der Waals surface area contributed by atoms with Crippen molar-refractivity contribution in [1.29, 1.82) is 0 Å². The van der Waals surface area contributed by atoms with Gasteiger partial charge in [0, 0.05) is 19.7 Å². The summed E-state index contributed by atoms with van der Waals surface area (Å²) in [6.45, 7) is 2.11. The van der Waals surface area contributed by atoms with E-state index in [0.29, 0.717) is 12.5 Å². The molecule has 18 heavy (non-hydrogen) atoms. The molecule has 1 aliphatic rings. The molecule has 5 nitrogen and oxygen atoms in total. The average molecular weight is 278 g/mol. The molecular weight excluding hydrogens is 252 g/mol. The molecule has 1 fully saturated rings. The lowest BCUT2D eigenvalue weighted by molar-refractivity contribution is 0.136. The maximum absolute atomic E-state index is 12.0. The summed E-state index contributed by atoms with van der Waals surface area (Å²) in [4.78, 5) is 0. The summed E-state index contributed by atoms with van der Waals surface area (Å²) in [7, 11) is -1.79. The van der Waals surface area contributed by atoms with E-state index >= 15 is 0 Å². The molecule has 1 rings (SSSR count). The van der Waals surface area contributed by atoms with Crippen molar-refractivity contribution in [2.45, 2.75) is 51.2 Å². The topological polar surface area (TPSA) is 81.4 Å². The molecule has 1 aliphatic carbocycles. The van der Waals surface area contributed by atoms with Gasteiger partial charge in [-0.2, -0.15) is 0 Å². The molecule has 0 radical (unpaired) electrons. The van der Waals surface area contributed by atoms with Crippen LogP contribution in [0.5, 0.6) is 0 Å². The van der Waals surface area contributed by atoms with Gasteiger partial charge in [0.15, 0.2) is 0 Å². The smallest absolute Gasteiger partial charge is 0.214 e. The lowest BCUT2D eigenvalue weighted by Gasteiger charge is -2.30. The van der Waals surface area contributed by atoms with Gasteiger partial charge in [0.25, 0.3) is 0 Å². The van der Waals surface area contributed by atoms with Crippen molar-refractivity contribution in [3.8, 4) is 0 Å². The highest BCUT2D eigenvalue weighted by Gasteiger charge is 2.27. The van der Waals surface area contributed by atoms with Crippen molar-refractivity contribution < 1.29 is 13.2 Å². The van der Waals surface area contributed by atoms with E-state index in [4.69, 9.17) is 10.5 Å². The van der Waals surface area contributed by atoms with Crippen molar-refractivity contribution >= 4 is 10.0 Å². The van der Waals surface area contributed by atoms with Gasteiger partial charge in [-0.3, -0.25) is 0 Å². The maximum atomic E-state index is 12.0. The van der Waals surface area contributed by atoms with E-state index in [0.717, 1.165) is 12.8 Å². The molecule has 0 aromatic rings. The third-order valence-corrected chi connectivity index (χ3v) is 5.23. The van der Waals surface area contributed by atoms with Crippen LogP contribution < -0.4 is 10.5 Å². The highest BCUT2D eigenvalue weighted by Crippen LogP contribution is 2.26. The first kappa shape index (κ1) is 15.9. The lowest BCUT2D eigenvalue weighted by Crippen LogP contribution is -2.47. The van der Waals surface area contributed by atoms with Crippen LogP contribution in [0.15, 0.2) is 0 Å². The molecule has 1 saturated carbocycles. The molecule has 0 amide bonds. The van der Waals surface area contributed by atoms with Crippen LogP contribution in [0.2, 0.25) is 0 Å². The fourth-order valence-electron chi connectivity index (χ4n) is 2.53. The Morgan fingerprint density at radius 1 is 1.33 bits per heavy atom. The van der Waals surface area contributed by atoms with Gasteiger partial charge in [-0.1, -0.05) is 19.3 Å². The molecule has 0 aliphatic heterocycles. The number of ether oxygens (including phenoxy) is 1. The number of sulfonamides is 1. The molecular formula is C12H26N2O3S. The Balaban J connectivity index is 2.55. The fourth-order valence-corrected chi connectivity index (χ4v) is 4.13. The third-order valence-electron chi connectivity index (χ3n) is 3.66. The Bertz CT molecular complexity index is 326. The second-order valence-corrected chi connectivity index (χ2v) is 6.98. The Morgan fingerprint density at radius 2 is 1.94 bits per heavy atom. The van der Waals surface area contributed by atoms with Gasteiger partial charge < -0.3 is 10.5 Å². The van der Waals surface area contributed by atoms with Crippen LogP contribution in [0.1, 0.15) is 39.0 Å². The molecule has 2 atom stereocenters. The van der Waals surface area contributed by atoms with E-state index in [1.807, 2.05) is 0 Å². The molecule has 0 bridgehead atoms. The Labute approximate surface area is 111 Å². The van der Waals surface area contributed by atoms with Crippen LogP contribution in [-0.4, -0.2) is 40.0 Å². The fraction of sp³-hybridized carbons (Fsp3) is 1.00. The molecule has 108 valence electrons. The Morgan fingerprint density at radius 3 is 2.44 bits per heavy atom. The summed E-state index contributed by atoms with van der Waals surface area (Å²) in [5.74, 6) is 0.378. The highest BCUT2D eigenvalue weighted by molar-refractivity contribution is 7.89.